The molecule has 1 aromatic carbocycles. The Morgan fingerprint density at radius 2 is 2.00 bits per heavy atom. The van der Waals surface area contributed by atoms with Gasteiger partial charge in [-0.3, -0.25) is 4.98 Å². The van der Waals surface area contributed by atoms with Gasteiger partial charge >= 0.3 is 0 Å². The molecular weight excluding hydrogens is 263 g/mol. The molecule has 0 aliphatic carbocycles. The van der Waals surface area contributed by atoms with E-state index in [0.717, 1.165) is 36.3 Å². The summed E-state index contributed by atoms with van der Waals surface area (Å²) in [6.45, 7) is 7.12. The van der Waals surface area contributed by atoms with Crippen molar-refractivity contribution in [3.63, 3.8) is 0 Å². The summed E-state index contributed by atoms with van der Waals surface area (Å²) in [7, 11) is 0. The fraction of sp³-hybridized carbons (Fsp3) is 0.389. The van der Waals surface area contributed by atoms with E-state index in [4.69, 9.17) is 0 Å². The van der Waals surface area contributed by atoms with Crippen molar-refractivity contribution in [2.45, 2.75) is 39.7 Å². The normalized spacial score (nSPS) is 12.4. The largest absolute Gasteiger partial charge is 0.310 e. The maximum absolute atomic E-state index is 13.4. The lowest BCUT2D eigenvalue weighted by Gasteiger charge is -2.21. The van der Waals surface area contributed by atoms with Gasteiger partial charge in [0.25, 0.3) is 0 Å². The van der Waals surface area contributed by atoms with Gasteiger partial charge in [0.15, 0.2) is 0 Å². The number of rotatable bonds is 6. The highest BCUT2D eigenvalue weighted by Gasteiger charge is 2.15. The molecule has 0 fully saturated rings. The van der Waals surface area contributed by atoms with Gasteiger partial charge in [-0.25, -0.2) is 4.39 Å². The van der Waals surface area contributed by atoms with Crippen molar-refractivity contribution in [1.82, 2.24) is 10.3 Å². The second kappa shape index (κ2) is 7.32. The van der Waals surface area contributed by atoms with Crippen LogP contribution < -0.4 is 5.32 Å². The first-order valence-corrected chi connectivity index (χ1v) is 7.52. The Hall–Kier alpha value is -1.74. The van der Waals surface area contributed by atoms with E-state index in [0.29, 0.717) is 0 Å². The van der Waals surface area contributed by atoms with Gasteiger partial charge in [0, 0.05) is 17.4 Å². The van der Waals surface area contributed by atoms with E-state index < -0.39 is 0 Å². The van der Waals surface area contributed by atoms with Crippen molar-refractivity contribution in [3.8, 4) is 0 Å². The molecule has 2 rings (SSSR count). The molecule has 0 aliphatic rings. The third kappa shape index (κ3) is 4.36. The Morgan fingerprint density at radius 3 is 2.67 bits per heavy atom. The number of nitrogens with one attached hydrogen (secondary N) is 1. The molecule has 1 atom stereocenters. The summed E-state index contributed by atoms with van der Waals surface area (Å²) in [6, 6.07) is 11.2. The van der Waals surface area contributed by atoms with E-state index >= 15 is 0 Å². The Bertz CT molecular complexity index is 596. The van der Waals surface area contributed by atoms with Gasteiger partial charge in [-0.1, -0.05) is 25.1 Å². The number of benzene rings is 1. The molecule has 0 saturated heterocycles. The van der Waals surface area contributed by atoms with Gasteiger partial charge in [0.05, 0.1) is 0 Å². The summed E-state index contributed by atoms with van der Waals surface area (Å²) in [5.74, 6) is -0.180. The molecule has 112 valence electrons. The number of halogens is 1. The van der Waals surface area contributed by atoms with Gasteiger partial charge in [-0.15, -0.1) is 0 Å². The molecule has 0 radical (unpaired) electrons. The second-order valence-corrected chi connectivity index (χ2v) is 5.47. The molecule has 2 nitrogen and oxygen atoms in total. The maximum atomic E-state index is 13.4. The number of hydrogen-bond acceptors (Lipinski definition) is 2. The molecule has 0 amide bonds. The van der Waals surface area contributed by atoms with E-state index in [9.17, 15) is 4.39 Å². The highest BCUT2D eigenvalue weighted by molar-refractivity contribution is 5.28. The molecule has 1 N–H and O–H groups in total. The molecule has 0 spiro atoms. The quantitative estimate of drug-likeness (QED) is 0.864. The fourth-order valence-corrected chi connectivity index (χ4v) is 2.58. The average Bonchev–Trinajstić information content (AvgIpc) is 2.44. The van der Waals surface area contributed by atoms with Crippen LogP contribution in [-0.2, 0) is 6.42 Å². The van der Waals surface area contributed by atoms with Crippen LogP contribution in [0.3, 0.4) is 0 Å². The molecule has 0 bridgehead atoms. The monoisotopic (exact) mass is 286 g/mol. The number of aryl methyl sites for hydroxylation is 2. The van der Waals surface area contributed by atoms with Crippen molar-refractivity contribution in [3.05, 3.63) is 64.7 Å². The molecule has 1 unspecified atom stereocenters. The number of nitrogens with zero attached hydrogens (tertiary/aromatic N) is 1. The summed E-state index contributed by atoms with van der Waals surface area (Å²) >= 11 is 0. The molecule has 0 aliphatic heterocycles. The minimum atomic E-state index is -0.180. The molecule has 1 aromatic heterocycles. The molecule has 0 saturated carbocycles. The SMILES string of the molecule is CCCNC(Cc1cccc(F)c1)c1ccc(C)nc1C. The topological polar surface area (TPSA) is 24.9 Å². The first-order chi connectivity index (χ1) is 10.1. The first kappa shape index (κ1) is 15.6. The van der Waals surface area contributed by atoms with Crippen LogP contribution >= 0.6 is 0 Å². The highest BCUT2D eigenvalue weighted by atomic mass is 19.1. The molecule has 1 heterocycles. The summed E-state index contributed by atoms with van der Waals surface area (Å²) < 4.78 is 13.4. The zero-order valence-corrected chi connectivity index (χ0v) is 13.0. The highest BCUT2D eigenvalue weighted by Crippen LogP contribution is 2.21. The van der Waals surface area contributed by atoms with Crippen molar-refractivity contribution in [1.29, 1.82) is 0 Å². The van der Waals surface area contributed by atoms with Crippen LogP contribution in [0.25, 0.3) is 0 Å². The average molecular weight is 286 g/mol. The Morgan fingerprint density at radius 1 is 1.19 bits per heavy atom. The Kier molecular flexibility index (Phi) is 5.45. The van der Waals surface area contributed by atoms with Gasteiger partial charge < -0.3 is 5.32 Å². The van der Waals surface area contributed by atoms with E-state index in [1.165, 1.54) is 11.6 Å². The predicted octanol–water partition coefficient (Wildman–Crippen LogP) is 4.12. The van der Waals surface area contributed by atoms with Crippen LogP contribution in [0, 0.1) is 19.7 Å². The number of hydrogen-bond donors (Lipinski definition) is 1. The van der Waals surface area contributed by atoms with E-state index in [1.807, 2.05) is 26.0 Å². The van der Waals surface area contributed by atoms with E-state index in [-0.39, 0.29) is 11.9 Å². The maximum Gasteiger partial charge on any atom is 0.123 e. The van der Waals surface area contributed by atoms with Gasteiger partial charge in [0.2, 0.25) is 0 Å². The van der Waals surface area contributed by atoms with Crippen molar-refractivity contribution in [2.75, 3.05) is 6.54 Å². The third-order valence-electron chi connectivity index (χ3n) is 3.61. The summed E-state index contributed by atoms with van der Waals surface area (Å²) in [5.41, 5.74) is 4.26. The zero-order valence-electron chi connectivity index (χ0n) is 13.0. The Balaban J connectivity index is 2.25. The lowest BCUT2D eigenvalue weighted by molar-refractivity contribution is 0.523. The zero-order chi connectivity index (χ0) is 15.2. The number of pyridine rings is 1. The molecule has 3 heteroatoms. The van der Waals surface area contributed by atoms with Gasteiger partial charge in [-0.2, -0.15) is 0 Å². The summed E-state index contributed by atoms with van der Waals surface area (Å²) in [5, 5.41) is 3.55. The van der Waals surface area contributed by atoms with Crippen LogP contribution in [0.1, 0.15) is 41.9 Å². The van der Waals surface area contributed by atoms with Gasteiger partial charge in [-0.05, 0) is 62.6 Å². The minimum absolute atomic E-state index is 0.167. The second-order valence-electron chi connectivity index (χ2n) is 5.47. The first-order valence-electron chi connectivity index (χ1n) is 7.52. The minimum Gasteiger partial charge on any atom is -0.310 e. The Labute approximate surface area is 126 Å². The molecule has 21 heavy (non-hydrogen) atoms. The van der Waals surface area contributed by atoms with Crippen LogP contribution in [-0.4, -0.2) is 11.5 Å². The smallest absolute Gasteiger partial charge is 0.123 e. The van der Waals surface area contributed by atoms with Crippen LogP contribution in [0.15, 0.2) is 36.4 Å². The summed E-state index contributed by atoms with van der Waals surface area (Å²) in [6.07, 6.45) is 1.83. The van der Waals surface area contributed by atoms with Crippen LogP contribution in [0.5, 0.6) is 0 Å². The lowest BCUT2D eigenvalue weighted by atomic mass is 9.97. The fourth-order valence-electron chi connectivity index (χ4n) is 2.58. The standard InChI is InChI=1S/C18H23FN2/c1-4-10-20-18(12-15-6-5-7-16(19)11-15)17-9-8-13(2)21-14(17)3/h5-9,11,18,20H,4,10,12H2,1-3H3. The molecule has 2 aromatic rings. The van der Waals surface area contributed by atoms with Crippen molar-refractivity contribution >= 4 is 0 Å². The number of aromatic nitrogens is 1. The van der Waals surface area contributed by atoms with Gasteiger partial charge in [0.1, 0.15) is 5.82 Å². The van der Waals surface area contributed by atoms with E-state index in [1.54, 1.807) is 12.1 Å². The van der Waals surface area contributed by atoms with E-state index in [2.05, 4.69) is 23.3 Å². The predicted molar refractivity (Wildman–Crippen MR) is 84.8 cm³/mol. The van der Waals surface area contributed by atoms with Crippen LogP contribution in [0.2, 0.25) is 0 Å². The third-order valence-corrected chi connectivity index (χ3v) is 3.61. The summed E-state index contributed by atoms with van der Waals surface area (Å²) in [4.78, 5) is 4.55. The van der Waals surface area contributed by atoms with Crippen molar-refractivity contribution < 1.29 is 4.39 Å². The lowest BCUT2D eigenvalue weighted by Crippen LogP contribution is -2.25. The molecular formula is C18H23FN2. The van der Waals surface area contributed by atoms with Crippen molar-refractivity contribution in [2.24, 2.45) is 0 Å². The van der Waals surface area contributed by atoms with Crippen LogP contribution in [0.4, 0.5) is 4.39 Å².